The van der Waals surface area contributed by atoms with Crippen molar-refractivity contribution in [3.63, 3.8) is 0 Å². The number of methoxy groups -OCH3 is 1. The van der Waals surface area contributed by atoms with E-state index in [1.165, 1.54) is 0 Å². The van der Waals surface area contributed by atoms with Gasteiger partial charge in [-0.05, 0) is 11.6 Å². The van der Waals surface area contributed by atoms with E-state index in [1.807, 2.05) is 6.07 Å². The van der Waals surface area contributed by atoms with Crippen LogP contribution in [0.25, 0.3) is 0 Å². The van der Waals surface area contributed by atoms with E-state index >= 15 is 0 Å². The molecule has 1 aromatic carbocycles. The highest BCUT2D eigenvalue weighted by atomic mass is 16.5. The number of rotatable bonds is 5. The zero-order valence-corrected chi connectivity index (χ0v) is 11.9. The number of aliphatic carboxylic acids is 1. The van der Waals surface area contributed by atoms with Crippen LogP contribution in [-0.4, -0.2) is 42.8 Å². The van der Waals surface area contributed by atoms with Crippen LogP contribution in [0.3, 0.4) is 0 Å². The molecule has 1 fully saturated rings. The zero-order chi connectivity index (χ0) is 15.3. The molecule has 6 nitrogen and oxygen atoms in total. The average molecular weight is 293 g/mol. The summed E-state index contributed by atoms with van der Waals surface area (Å²) in [6.07, 6.45) is 0.529. The Morgan fingerprint density at radius 3 is 2.62 bits per heavy atom. The third-order valence-electron chi connectivity index (χ3n) is 3.67. The first-order chi connectivity index (χ1) is 10.1. The molecule has 1 amide bonds. The SMILES string of the molecule is COCc1ccccc1C(=O)NC1(C(=O)O)CCOCC1. The summed E-state index contributed by atoms with van der Waals surface area (Å²) >= 11 is 0. The molecule has 0 aliphatic carbocycles. The van der Waals surface area contributed by atoms with E-state index in [1.54, 1.807) is 25.3 Å². The molecule has 1 aromatic rings. The van der Waals surface area contributed by atoms with E-state index in [9.17, 15) is 14.7 Å². The van der Waals surface area contributed by atoms with Crippen LogP contribution in [-0.2, 0) is 20.9 Å². The van der Waals surface area contributed by atoms with Crippen molar-refractivity contribution in [3.05, 3.63) is 35.4 Å². The lowest BCUT2D eigenvalue weighted by atomic mass is 9.89. The average Bonchev–Trinajstić information content (AvgIpc) is 2.49. The van der Waals surface area contributed by atoms with Gasteiger partial charge in [0.2, 0.25) is 0 Å². The predicted octanol–water partition coefficient (Wildman–Crippen LogP) is 1.20. The maximum Gasteiger partial charge on any atom is 0.329 e. The largest absolute Gasteiger partial charge is 0.480 e. The minimum Gasteiger partial charge on any atom is -0.480 e. The highest BCUT2D eigenvalue weighted by molar-refractivity contribution is 5.99. The molecule has 2 N–H and O–H groups in total. The summed E-state index contributed by atoms with van der Waals surface area (Å²) in [5, 5.41) is 12.1. The molecule has 1 saturated heterocycles. The number of benzene rings is 1. The number of carboxylic acid groups (broad SMARTS) is 1. The fourth-order valence-corrected chi connectivity index (χ4v) is 2.42. The number of carbonyl (C=O) groups is 2. The summed E-state index contributed by atoms with van der Waals surface area (Å²) in [5.74, 6) is -1.42. The molecule has 0 aromatic heterocycles. The van der Waals surface area contributed by atoms with Crippen LogP contribution < -0.4 is 5.32 Å². The maximum atomic E-state index is 12.4. The highest BCUT2D eigenvalue weighted by Crippen LogP contribution is 2.22. The molecule has 1 heterocycles. The van der Waals surface area contributed by atoms with Gasteiger partial charge in [0.15, 0.2) is 0 Å². The van der Waals surface area contributed by atoms with E-state index in [4.69, 9.17) is 9.47 Å². The van der Waals surface area contributed by atoms with Crippen molar-refractivity contribution in [2.24, 2.45) is 0 Å². The van der Waals surface area contributed by atoms with Crippen molar-refractivity contribution in [2.75, 3.05) is 20.3 Å². The van der Waals surface area contributed by atoms with Crippen LogP contribution in [0.2, 0.25) is 0 Å². The summed E-state index contributed by atoms with van der Waals surface area (Å²) in [6, 6.07) is 7.01. The van der Waals surface area contributed by atoms with Gasteiger partial charge in [-0.25, -0.2) is 4.79 Å². The van der Waals surface area contributed by atoms with Crippen molar-refractivity contribution in [3.8, 4) is 0 Å². The quantitative estimate of drug-likeness (QED) is 0.852. The topological polar surface area (TPSA) is 84.9 Å². The van der Waals surface area contributed by atoms with Crippen LogP contribution in [0.5, 0.6) is 0 Å². The van der Waals surface area contributed by atoms with E-state index < -0.39 is 17.4 Å². The number of amides is 1. The zero-order valence-electron chi connectivity index (χ0n) is 11.9. The summed E-state index contributed by atoms with van der Waals surface area (Å²) in [4.78, 5) is 24.0. The van der Waals surface area contributed by atoms with Gasteiger partial charge in [-0.15, -0.1) is 0 Å². The smallest absolute Gasteiger partial charge is 0.329 e. The maximum absolute atomic E-state index is 12.4. The van der Waals surface area contributed by atoms with Crippen molar-refractivity contribution >= 4 is 11.9 Å². The number of ether oxygens (including phenoxy) is 2. The Kier molecular flexibility index (Phi) is 4.93. The molecule has 0 bridgehead atoms. The molecular formula is C15H19NO5. The fourth-order valence-electron chi connectivity index (χ4n) is 2.42. The van der Waals surface area contributed by atoms with Gasteiger partial charge in [-0.2, -0.15) is 0 Å². The van der Waals surface area contributed by atoms with Gasteiger partial charge in [-0.1, -0.05) is 18.2 Å². The molecule has 2 rings (SSSR count). The van der Waals surface area contributed by atoms with Crippen LogP contribution in [0.4, 0.5) is 0 Å². The van der Waals surface area contributed by atoms with Gasteiger partial charge in [0, 0.05) is 38.7 Å². The van der Waals surface area contributed by atoms with Gasteiger partial charge in [0.25, 0.3) is 5.91 Å². The second kappa shape index (κ2) is 6.69. The molecule has 1 aliphatic heterocycles. The molecule has 1 aliphatic rings. The van der Waals surface area contributed by atoms with Crippen molar-refractivity contribution in [1.29, 1.82) is 0 Å². The summed E-state index contributed by atoms with van der Waals surface area (Å²) in [6.45, 7) is 0.950. The Balaban J connectivity index is 2.21. The Morgan fingerprint density at radius 2 is 2.00 bits per heavy atom. The molecule has 6 heteroatoms. The normalized spacial score (nSPS) is 17.2. The minimum absolute atomic E-state index is 0.264. The first-order valence-corrected chi connectivity index (χ1v) is 6.79. The van der Waals surface area contributed by atoms with Crippen LogP contribution >= 0.6 is 0 Å². The van der Waals surface area contributed by atoms with Crippen molar-refractivity contribution in [1.82, 2.24) is 5.32 Å². The molecule has 0 atom stereocenters. The summed E-state index contributed by atoms with van der Waals surface area (Å²) in [7, 11) is 1.55. The standard InChI is InChI=1S/C15H19NO5/c1-20-10-11-4-2-3-5-12(11)13(17)16-15(14(18)19)6-8-21-9-7-15/h2-5H,6-10H2,1H3,(H,16,17)(H,18,19). The van der Waals surface area contributed by atoms with Gasteiger partial charge in [0.05, 0.1) is 6.61 Å². The molecule has 0 saturated carbocycles. The monoisotopic (exact) mass is 293 g/mol. The highest BCUT2D eigenvalue weighted by Gasteiger charge is 2.41. The Morgan fingerprint density at radius 1 is 1.33 bits per heavy atom. The van der Waals surface area contributed by atoms with Gasteiger partial charge >= 0.3 is 5.97 Å². The molecule has 0 radical (unpaired) electrons. The van der Waals surface area contributed by atoms with Gasteiger partial charge in [0.1, 0.15) is 5.54 Å². The lowest BCUT2D eigenvalue weighted by Gasteiger charge is -2.34. The lowest BCUT2D eigenvalue weighted by Crippen LogP contribution is -2.57. The molecular weight excluding hydrogens is 274 g/mol. The fraction of sp³-hybridized carbons (Fsp3) is 0.467. The van der Waals surface area contributed by atoms with E-state index in [0.717, 1.165) is 5.56 Å². The second-order valence-electron chi connectivity index (χ2n) is 5.04. The summed E-state index contributed by atoms with van der Waals surface area (Å²) < 4.78 is 10.3. The second-order valence-corrected chi connectivity index (χ2v) is 5.04. The van der Waals surface area contributed by atoms with Crippen molar-refractivity contribution < 1.29 is 24.2 Å². The van der Waals surface area contributed by atoms with E-state index in [0.29, 0.717) is 25.4 Å². The van der Waals surface area contributed by atoms with Gasteiger partial charge in [-0.3, -0.25) is 4.79 Å². The first kappa shape index (κ1) is 15.5. The molecule has 0 spiro atoms. The number of carboxylic acids is 1. The van der Waals surface area contributed by atoms with E-state index in [-0.39, 0.29) is 12.8 Å². The first-order valence-electron chi connectivity index (χ1n) is 6.79. The molecule has 21 heavy (non-hydrogen) atoms. The minimum atomic E-state index is -1.25. The number of nitrogens with one attached hydrogen (secondary N) is 1. The number of hydrogen-bond acceptors (Lipinski definition) is 4. The third-order valence-corrected chi connectivity index (χ3v) is 3.67. The van der Waals surface area contributed by atoms with Crippen LogP contribution in [0, 0.1) is 0 Å². The number of hydrogen-bond donors (Lipinski definition) is 2. The molecule has 114 valence electrons. The van der Waals surface area contributed by atoms with Crippen molar-refractivity contribution in [2.45, 2.75) is 25.0 Å². The third kappa shape index (κ3) is 3.40. The lowest BCUT2D eigenvalue weighted by molar-refractivity contribution is -0.148. The number of carbonyl (C=O) groups excluding carboxylic acids is 1. The van der Waals surface area contributed by atoms with E-state index in [2.05, 4.69) is 5.32 Å². The Bertz CT molecular complexity index is 523. The van der Waals surface area contributed by atoms with Crippen LogP contribution in [0.1, 0.15) is 28.8 Å². The predicted molar refractivity (Wildman–Crippen MR) is 75.0 cm³/mol. The Hall–Kier alpha value is -1.92. The van der Waals surface area contributed by atoms with Crippen LogP contribution in [0.15, 0.2) is 24.3 Å². The molecule has 0 unspecified atom stereocenters. The van der Waals surface area contributed by atoms with Gasteiger partial charge < -0.3 is 19.9 Å². The Labute approximate surface area is 123 Å². The summed E-state index contributed by atoms with van der Waals surface area (Å²) in [5.41, 5.74) is -0.0910.